The summed E-state index contributed by atoms with van der Waals surface area (Å²) in [5, 5.41) is 12.6. The van der Waals surface area contributed by atoms with Gasteiger partial charge in [-0.15, -0.1) is 0 Å². The number of fused-ring (bicyclic) bond motifs is 12. The summed E-state index contributed by atoms with van der Waals surface area (Å²) in [6.07, 6.45) is 8.23. The van der Waals surface area contributed by atoms with Gasteiger partial charge in [-0.05, 0) is 76.3 Å². The van der Waals surface area contributed by atoms with Crippen molar-refractivity contribution in [2.45, 2.75) is 6.92 Å². The van der Waals surface area contributed by atoms with Crippen LogP contribution in [-0.2, 0) is 0 Å². The van der Waals surface area contributed by atoms with E-state index in [1.54, 1.807) is 0 Å². The van der Waals surface area contributed by atoms with Crippen molar-refractivity contribution in [2.24, 2.45) is 0 Å². The fourth-order valence-electron chi connectivity index (χ4n) is 7.50. The molecule has 0 spiro atoms. The summed E-state index contributed by atoms with van der Waals surface area (Å²) >= 11 is 0. The van der Waals surface area contributed by atoms with Crippen LogP contribution in [0.4, 0.5) is 0 Å². The maximum Gasteiger partial charge on any atom is 0.0619 e. The fraction of sp³-hybridized carbons (Fsp3) is 0.0233. The molecule has 9 rings (SSSR count). The van der Waals surface area contributed by atoms with E-state index in [2.05, 4.69) is 168 Å². The van der Waals surface area contributed by atoms with E-state index in [0.29, 0.717) is 0 Å². The van der Waals surface area contributed by atoms with E-state index in [0.717, 1.165) is 11.4 Å². The summed E-state index contributed by atoms with van der Waals surface area (Å²) in [4.78, 5) is 0. The summed E-state index contributed by atoms with van der Waals surface area (Å²) in [7, 11) is 0. The summed E-state index contributed by atoms with van der Waals surface area (Å²) in [6.45, 7) is 6.10. The number of benzene rings is 7. The lowest BCUT2D eigenvalue weighted by Gasteiger charge is -2.12. The maximum absolute atomic E-state index is 4.04. The topological polar surface area (TPSA) is 9.86 Å². The Hall–Kier alpha value is -5.86. The van der Waals surface area contributed by atoms with Crippen LogP contribution in [0.3, 0.4) is 0 Å². The van der Waals surface area contributed by atoms with Crippen molar-refractivity contribution in [1.82, 2.24) is 9.13 Å². The minimum atomic E-state index is 1.09. The molecule has 0 unspecified atom stereocenters. The Morgan fingerprint density at radius 1 is 0.556 bits per heavy atom. The highest BCUT2D eigenvalue weighted by molar-refractivity contribution is 6.28. The number of nitrogens with zero attached hydrogens (tertiary/aromatic N) is 2. The summed E-state index contributed by atoms with van der Waals surface area (Å²) in [5.41, 5.74) is 7.06. The lowest BCUT2D eigenvalue weighted by atomic mass is 10.00. The van der Waals surface area contributed by atoms with Crippen LogP contribution < -0.4 is 0 Å². The third-order valence-electron chi connectivity index (χ3n) is 9.32. The second-order valence-corrected chi connectivity index (χ2v) is 11.7. The van der Waals surface area contributed by atoms with Gasteiger partial charge in [0.25, 0.3) is 0 Å². The van der Waals surface area contributed by atoms with Gasteiger partial charge in [-0.1, -0.05) is 116 Å². The molecule has 0 aliphatic heterocycles. The molecule has 212 valence electrons. The van der Waals surface area contributed by atoms with Crippen molar-refractivity contribution < 1.29 is 0 Å². The summed E-state index contributed by atoms with van der Waals surface area (Å²) < 4.78 is 4.85. The van der Waals surface area contributed by atoms with Gasteiger partial charge in [0.2, 0.25) is 0 Å². The molecule has 2 heteroatoms. The van der Waals surface area contributed by atoms with Crippen molar-refractivity contribution in [1.29, 1.82) is 0 Å². The van der Waals surface area contributed by atoms with Crippen molar-refractivity contribution >= 4 is 81.6 Å². The SMILES string of the molecule is C=C/C=C(\C=C/C)n1c2ccc(-n3c4ccc5ccccc5c4c4c5ccccc5ccc43)cc2c2ccc3ccccc3c21. The van der Waals surface area contributed by atoms with Crippen molar-refractivity contribution in [2.75, 3.05) is 0 Å². The Morgan fingerprint density at radius 3 is 1.73 bits per heavy atom. The minimum absolute atomic E-state index is 1.09. The molecule has 0 fully saturated rings. The Bertz CT molecular complexity index is 2630. The fourth-order valence-corrected chi connectivity index (χ4v) is 7.50. The zero-order valence-corrected chi connectivity index (χ0v) is 25.0. The second-order valence-electron chi connectivity index (χ2n) is 11.7. The van der Waals surface area contributed by atoms with E-state index in [4.69, 9.17) is 0 Å². The van der Waals surface area contributed by atoms with Crippen LogP contribution in [0.5, 0.6) is 0 Å². The normalized spacial score (nSPS) is 12.7. The Morgan fingerprint density at radius 2 is 1.11 bits per heavy atom. The molecule has 7 aromatic carbocycles. The molecule has 2 nitrogen and oxygen atoms in total. The van der Waals surface area contributed by atoms with Crippen molar-refractivity contribution in [3.05, 3.63) is 158 Å². The van der Waals surface area contributed by atoms with E-state index in [1.165, 1.54) is 75.9 Å². The predicted octanol–water partition coefficient (Wildman–Crippen LogP) is 12.0. The second kappa shape index (κ2) is 9.83. The predicted molar refractivity (Wildman–Crippen MR) is 196 cm³/mol. The van der Waals surface area contributed by atoms with E-state index >= 15 is 0 Å². The van der Waals surface area contributed by atoms with Crippen LogP contribution in [0.15, 0.2) is 158 Å². The smallest absolute Gasteiger partial charge is 0.0619 e. The molecular weight excluding hydrogens is 544 g/mol. The zero-order chi connectivity index (χ0) is 30.1. The molecule has 9 aromatic rings. The first-order valence-corrected chi connectivity index (χ1v) is 15.5. The standard InChI is InChI=1S/C43H30N2/c1-3-11-31(12-4-2)45-38-26-22-32(27-37(38)36-23-19-30-15-7-10-18-35(30)43(36)45)44-39-24-20-28-13-5-8-16-33(28)41(39)42-34-17-9-6-14-29(34)21-25-40(42)44/h3-27H,1H2,2H3/b12-4-,31-11+. The van der Waals surface area contributed by atoms with Crippen LogP contribution in [-0.4, -0.2) is 9.13 Å². The van der Waals surface area contributed by atoms with Gasteiger partial charge >= 0.3 is 0 Å². The Labute approximate surface area is 261 Å². The molecule has 45 heavy (non-hydrogen) atoms. The lowest BCUT2D eigenvalue weighted by molar-refractivity contribution is 1.18. The van der Waals surface area contributed by atoms with Gasteiger partial charge in [0, 0.05) is 38.3 Å². The maximum atomic E-state index is 4.04. The highest BCUT2D eigenvalue weighted by Crippen LogP contribution is 2.42. The molecule has 0 aliphatic carbocycles. The average Bonchev–Trinajstić information content (AvgIpc) is 3.61. The first-order chi connectivity index (χ1) is 22.3. The van der Waals surface area contributed by atoms with Crippen molar-refractivity contribution in [3.63, 3.8) is 0 Å². The first-order valence-electron chi connectivity index (χ1n) is 15.5. The molecule has 0 saturated heterocycles. The third kappa shape index (κ3) is 3.63. The van der Waals surface area contributed by atoms with Gasteiger partial charge in [-0.2, -0.15) is 0 Å². The number of hydrogen-bond acceptors (Lipinski definition) is 0. The van der Waals surface area contributed by atoms with Crippen LogP contribution in [0.25, 0.3) is 87.3 Å². The van der Waals surface area contributed by atoms with Gasteiger partial charge < -0.3 is 9.13 Å². The number of allylic oxidation sites excluding steroid dienone is 5. The highest BCUT2D eigenvalue weighted by Gasteiger charge is 2.20. The van der Waals surface area contributed by atoms with Gasteiger partial charge in [-0.25, -0.2) is 0 Å². The monoisotopic (exact) mass is 574 g/mol. The van der Waals surface area contributed by atoms with Gasteiger partial charge in [0.05, 0.1) is 22.1 Å². The summed E-state index contributed by atoms with van der Waals surface area (Å²) in [5.74, 6) is 0. The molecule has 0 atom stereocenters. The molecular formula is C43H30N2. The summed E-state index contributed by atoms with van der Waals surface area (Å²) in [6, 6.07) is 46.8. The van der Waals surface area contributed by atoms with E-state index in [1.807, 2.05) is 6.08 Å². The van der Waals surface area contributed by atoms with E-state index < -0.39 is 0 Å². The lowest BCUT2D eigenvalue weighted by Crippen LogP contribution is -1.96. The average molecular weight is 575 g/mol. The quantitative estimate of drug-likeness (QED) is 0.185. The van der Waals surface area contributed by atoms with Gasteiger partial charge in [-0.3, -0.25) is 0 Å². The molecule has 0 bridgehead atoms. The minimum Gasteiger partial charge on any atom is -0.309 e. The molecule has 0 amide bonds. The number of hydrogen-bond donors (Lipinski definition) is 0. The Kier molecular flexibility index (Phi) is 5.60. The molecule has 0 N–H and O–H groups in total. The van der Waals surface area contributed by atoms with Gasteiger partial charge in [0.1, 0.15) is 0 Å². The molecule has 0 saturated carbocycles. The zero-order valence-electron chi connectivity index (χ0n) is 25.0. The number of rotatable bonds is 4. The first kappa shape index (κ1) is 25.6. The molecule has 2 heterocycles. The van der Waals surface area contributed by atoms with E-state index in [-0.39, 0.29) is 0 Å². The van der Waals surface area contributed by atoms with E-state index in [9.17, 15) is 0 Å². The van der Waals surface area contributed by atoms with Crippen LogP contribution in [0.1, 0.15) is 6.92 Å². The third-order valence-corrected chi connectivity index (χ3v) is 9.32. The Balaban J connectivity index is 1.44. The molecule has 0 aliphatic rings. The van der Waals surface area contributed by atoms with Crippen LogP contribution in [0.2, 0.25) is 0 Å². The van der Waals surface area contributed by atoms with Crippen molar-refractivity contribution in [3.8, 4) is 5.69 Å². The molecule has 2 aromatic heterocycles. The highest BCUT2D eigenvalue weighted by atomic mass is 15.0. The largest absolute Gasteiger partial charge is 0.309 e. The van der Waals surface area contributed by atoms with Gasteiger partial charge in [0.15, 0.2) is 0 Å². The number of aromatic nitrogens is 2. The van der Waals surface area contributed by atoms with Crippen LogP contribution in [0, 0.1) is 0 Å². The molecule has 0 radical (unpaired) electrons. The van der Waals surface area contributed by atoms with Crippen LogP contribution >= 0.6 is 0 Å².